The SMILES string of the molecule is CC1(CNCC(=O)N2CCCC2)COC1. The van der Waals surface area contributed by atoms with Crippen LogP contribution in [0.15, 0.2) is 0 Å². The Labute approximate surface area is 91.0 Å². The maximum Gasteiger partial charge on any atom is 0.236 e. The summed E-state index contributed by atoms with van der Waals surface area (Å²) in [5.74, 6) is 0.247. The normalized spacial score (nSPS) is 23.9. The molecule has 15 heavy (non-hydrogen) atoms. The molecule has 1 N–H and O–H groups in total. The van der Waals surface area contributed by atoms with Crippen LogP contribution in [0.3, 0.4) is 0 Å². The van der Waals surface area contributed by atoms with Crippen molar-refractivity contribution in [2.75, 3.05) is 39.4 Å². The van der Waals surface area contributed by atoms with E-state index in [9.17, 15) is 4.79 Å². The number of hydrogen-bond donors (Lipinski definition) is 1. The number of rotatable bonds is 4. The van der Waals surface area contributed by atoms with Crippen molar-refractivity contribution in [2.24, 2.45) is 5.41 Å². The molecule has 4 nitrogen and oxygen atoms in total. The van der Waals surface area contributed by atoms with Crippen LogP contribution in [-0.2, 0) is 9.53 Å². The van der Waals surface area contributed by atoms with Crippen molar-refractivity contribution in [1.82, 2.24) is 10.2 Å². The molecule has 0 saturated carbocycles. The van der Waals surface area contributed by atoms with Crippen LogP contribution >= 0.6 is 0 Å². The van der Waals surface area contributed by atoms with Gasteiger partial charge in [-0.2, -0.15) is 0 Å². The Balaban J connectivity index is 1.62. The molecule has 86 valence electrons. The van der Waals surface area contributed by atoms with Gasteiger partial charge in [-0.1, -0.05) is 6.92 Å². The first-order valence-electron chi connectivity index (χ1n) is 5.76. The van der Waals surface area contributed by atoms with Crippen LogP contribution < -0.4 is 5.32 Å². The van der Waals surface area contributed by atoms with E-state index in [1.807, 2.05) is 4.90 Å². The summed E-state index contributed by atoms with van der Waals surface area (Å²) in [5.41, 5.74) is 0.255. The maximum absolute atomic E-state index is 11.7. The number of amides is 1. The molecule has 2 rings (SSSR count). The largest absolute Gasteiger partial charge is 0.380 e. The van der Waals surface area contributed by atoms with Crippen LogP contribution in [0.25, 0.3) is 0 Å². The smallest absolute Gasteiger partial charge is 0.236 e. The Hall–Kier alpha value is -0.610. The van der Waals surface area contributed by atoms with Gasteiger partial charge in [0.05, 0.1) is 19.8 Å². The van der Waals surface area contributed by atoms with E-state index in [4.69, 9.17) is 4.74 Å². The zero-order chi connectivity index (χ0) is 10.7. The first-order chi connectivity index (χ1) is 7.20. The Morgan fingerprint density at radius 2 is 2.07 bits per heavy atom. The number of carbonyl (C=O) groups excluding carboxylic acids is 1. The average Bonchev–Trinajstić information content (AvgIpc) is 2.67. The molecule has 2 aliphatic rings. The summed E-state index contributed by atoms with van der Waals surface area (Å²) in [4.78, 5) is 13.6. The minimum absolute atomic E-state index is 0.247. The predicted molar refractivity (Wildman–Crippen MR) is 57.6 cm³/mol. The Morgan fingerprint density at radius 1 is 1.40 bits per heavy atom. The van der Waals surface area contributed by atoms with Gasteiger partial charge in [0.25, 0.3) is 0 Å². The zero-order valence-electron chi connectivity index (χ0n) is 9.42. The molecule has 0 bridgehead atoms. The second kappa shape index (κ2) is 4.49. The van der Waals surface area contributed by atoms with Crippen LogP contribution in [0.4, 0.5) is 0 Å². The first kappa shape index (κ1) is 10.9. The van der Waals surface area contributed by atoms with Crippen molar-refractivity contribution in [3.05, 3.63) is 0 Å². The average molecular weight is 212 g/mol. The van der Waals surface area contributed by atoms with Gasteiger partial charge >= 0.3 is 0 Å². The van der Waals surface area contributed by atoms with Gasteiger partial charge in [0.15, 0.2) is 0 Å². The highest BCUT2D eigenvalue weighted by atomic mass is 16.5. The fourth-order valence-electron chi connectivity index (χ4n) is 2.10. The lowest BCUT2D eigenvalue weighted by molar-refractivity contribution is -0.130. The highest BCUT2D eigenvalue weighted by Gasteiger charge is 2.33. The molecule has 0 radical (unpaired) electrons. The summed E-state index contributed by atoms with van der Waals surface area (Å²) < 4.78 is 5.16. The standard InChI is InChI=1S/C11H20N2O2/c1-11(8-15-9-11)7-12-6-10(14)13-4-2-3-5-13/h12H,2-9H2,1H3. The predicted octanol–water partition coefficient (Wildman–Crippen LogP) is 0.235. The second-order valence-electron chi connectivity index (χ2n) is 4.99. The van der Waals surface area contributed by atoms with Gasteiger partial charge in [-0.15, -0.1) is 0 Å². The first-order valence-corrected chi connectivity index (χ1v) is 5.76. The van der Waals surface area contributed by atoms with Gasteiger partial charge in [0.2, 0.25) is 5.91 Å². The van der Waals surface area contributed by atoms with Crippen LogP contribution in [0.2, 0.25) is 0 Å². The molecule has 4 heteroatoms. The highest BCUT2D eigenvalue weighted by molar-refractivity contribution is 5.78. The number of nitrogens with one attached hydrogen (secondary N) is 1. The number of nitrogens with zero attached hydrogens (tertiary/aromatic N) is 1. The monoisotopic (exact) mass is 212 g/mol. The van der Waals surface area contributed by atoms with Crippen LogP contribution in [0.1, 0.15) is 19.8 Å². The van der Waals surface area contributed by atoms with Gasteiger partial charge in [-0.3, -0.25) is 4.79 Å². The molecular weight excluding hydrogens is 192 g/mol. The van der Waals surface area contributed by atoms with Crippen molar-refractivity contribution in [2.45, 2.75) is 19.8 Å². The van der Waals surface area contributed by atoms with Crippen LogP contribution in [-0.4, -0.2) is 50.2 Å². The third kappa shape index (κ3) is 2.69. The third-order valence-electron chi connectivity index (χ3n) is 3.19. The zero-order valence-corrected chi connectivity index (χ0v) is 9.42. The Bertz CT molecular complexity index is 233. The summed E-state index contributed by atoms with van der Waals surface area (Å²) in [7, 11) is 0. The fraction of sp³-hybridized carbons (Fsp3) is 0.909. The van der Waals surface area contributed by atoms with Crippen molar-refractivity contribution >= 4 is 5.91 Å². The Morgan fingerprint density at radius 3 is 2.60 bits per heavy atom. The topological polar surface area (TPSA) is 41.6 Å². The molecule has 0 atom stereocenters. The number of ether oxygens (including phenoxy) is 1. The molecule has 1 amide bonds. The van der Waals surface area contributed by atoms with Crippen LogP contribution in [0, 0.1) is 5.41 Å². The highest BCUT2D eigenvalue weighted by Crippen LogP contribution is 2.24. The van der Waals surface area contributed by atoms with Gasteiger partial charge in [-0.05, 0) is 12.8 Å². The quantitative estimate of drug-likeness (QED) is 0.725. The molecular formula is C11H20N2O2. The van der Waals surface area contributed by atoms with E-state index >= 15 is 0 Å². The third-order valence-corrected chi connectivity index (χ3v) is 3.19. The Kier molecular flexibility index (Phi) is 3.26. The van der Waals surface area contributed by atoms with E-state index in [0.717, 1.165) is 45.7 Å². The molecule has 0 spiro atoms. The molecule has 0 aromatic carbocycles. The van der Waals surface area contributed by atoms with E-state index in [0.29, 0.717) is 6.54 Å². The molecule has 0 aromatic heterocycles. The molecule has 0 aromatic rings. The number of hydrogen-bond acceptors (Lipinski definition) is 3. The maximum atomic E-state index is 11.7. The summed E-state index contributed by atoms with van der Waals surface area (Å²) in [5, 5.41) is 3.23. The molecule has 0 unspecified atom stereocenters. The van der Waals surface area contributed by atoms with Crippen molar-refractivity contribution in [3.63, 3.8) is 0 Å². The van der Waals surface area contributed by atoms with Crippen molar-refractivity contribution in [1.29, 1.82) is 0 Å². The lowest BCUT2D eigenvalue weighted by atomic mass is 9.89. The van der Waals surface area contributed by atoms with Gasteiger partial charge in [-0.25, -0.2) is 0 Å². The summed E-state index contributed by atoms with van der Waals surface area (Å²) in [6, 6.07) is 0. The summed E-state index contributed by atoms with van der Waals surface area (Å²) in [6.07, 6.45) is 2.33. The van der Waals surface area contributed by atoms with Crippen molar-refractivity contribution in [3.8, 4) is 0 Å². The van der Waals surface area contributed by atoms with E-state index in [1.54, 1.807) is 0 Å². The van der Waals surface area contributed by atoms with Crippen molar-refractivity contribution < 1.29 is 9.53 Å². The second-order valence-corrected chi connectivity index (χ2v) is 4.99. The molecule has 0 aliphatic carbocycles. The number of carbonyl (C=O) groups is 1. The van der Waals surface area contributed by atoms with Gasteiger partial charge in [0.1, 0.15) is 0 Å². The van der Waals surface area contributed by atoms with Gasteiger partial charge in [0, 0.05) is 25.0 Å². The lowest BCUT2D eigenvalue weighted by Gasteiger charge is -2.38. The van der Waals surface area contributed by atoms with Crippen LogP contribution in [0.5, 0.6) is 0 Å². The minimum Gasteiger partial charge on any atom is -0.380 e. The number of likely N-dealkylation sites (tertiary alicyclic amines) is 1. The molecule has 2 aliphatic heterocycles. The fourth-order valence-corrected chi connectivity index (χ4v) is 2.10. The molecule has 2 saturated heterocycles. The van der Waals surface area contributed by atoms with E-state index in [1.165, 1.54) is 0 Å². The molecule has 2 fully saturated rings. The minimum atomic E-state index is 0.247. The van der Waals surface area contributed by atoms with E-state index in [-0.39, 0.29) is 11.3 Å². The lowest BCUT2D eigenvalue weighted by Crippen LogP contribution is -2.49. The molecule has 2 heterocycles. The van der Waals surface area contributed by atoms with E-state index in [2.05, 4.69) is 12.2 Å². The summed E-state index contributed by atoms with van der Waals surface area (Å²) in [6.45, 7) is 7.07. The van der Waals surface area contributed by atoms with Gasteiger partial charge < -0.3 is 15.0 Å². The summed E-state index contributed by atoms with van der Waals surface area (Å²) >= 11 is 0. The van der Waals surface area contributed by atoms with E-state index < -0.39 is 0 Å².